The van der Waals surface area contributed by atoms with Gasteiger partial charge in [0.05, 0.1) is 11.0 Å². The van der Waals surface area contributed by atoms with Crippen LogP contribution in [0.5, 0.6) is 0 Å². The first-order valence-corrected chi connectivity index (χ1v) is 26.4. The topological polar surface area (TPSA) is 11.4 Å². The minimum Gasteiger partial charge on any atom is -0.336 e. The predicted molar refractivity (Wildman–Crippen MR) is 311 cm³/mol. The van der Waals surface area contributed by atoms with E-state index in [1.165, 1.54) is 89.2 Å². The molecule has 1 aliphatic heterocycles. The van der Waals surface area contributed by atoms with Crippen LogP contribution in [0.15, 0.2) is 243 Å². The molecule has 359 valence electrons. The number of rotatable bonds is 10. The first-order valence-electron chi connectivity index (χ1n) is 26.4. The lowest BCUT2D eigenvalue weighted by Crippen LogP contribution is -2.46. The van der Waals surface area contributed by atoms with Crippen molar-refractivity contribution in [3.05, 3.63) is 299 Å². The molecule has 0 saturated carbocycles. The first kappa shape index (κ1) is 45.5. The number of anilines is 4. The molecule has 0 amide bonds. The molecule has 0 spiro atoms. The maximum atomic E-state index is 2.75. The zero-order valence-corrected chi connectivity index (χ0v) is 43.1. The number of nitrogens with zero attached hydrogens (tertiary/aromatic N) is 3. The van der Waals surface area contributed by atoms with Crippen molar-refractivity contribution < 1.29 is 0 Å². The van der Waals surface area contributed by atoms with Crippen LogP contribution in [0.3, 0.4) is 0 Å². The summed E-state index contributed by atoms with van der Waals surface area (Å²) < 4.78 is 2.40. The van der Waals surface area contributed by atoms with Crippen molar-refractivity contribution in [3.8, 4) is 16.8 Å². The van der Waals surface area contributed by atoms with Crippen molar-refractivity contribution in [2.24, 2.45) is 0 Å². The Morgan fingerprint density at radius 2 is 0.905 bits per heavy atom. The number of aromatic nitrogens is 1. The summed E-state index contributed by atoms with van der Waals surface area (Å²) in [6.45, 7) is 14.1. The molecule has 10 aromatic carbocycles. The van der Waals surface area contributed by atoms with E-state index < -0.39 is 5.54 Å². The quantitative estimate of drug-likeness (QED) is 0.135. The van der Waals surface area contributed by atoms with E-state index in [-0.39, 0.29) is 17.3 Å². The second kappa shape index (κ2) is 17.7. The van der Waals surface area contributed by atoms with E-state index in [2.05, 4.69) is 299 Å². The maximum Gasteiger partial charge on any atom is 0.124 e. The van der Waals surface area contributed by atoms with Crippen LogP contribution in [0.25, 0.3) is 38.6 Å². The predicted octanol–water partition coefficient (Wildman–Crippen LogP) is 18.5. The normalized spacial score (nSPS) is 14.5. The fourth-order valence-corrected chi connectivity index (χ4v) is 12.8. The summed E-state index contributed by atoms with van der Waals surface area (Å²) in [7, 11) is 0. The number of para-hydroxylation sites is 3. The molecule has 74 heavy (non-hydrogen) atoms. The van der Waals surface area contributed by atoms with Gasteiger partial charge in [0.1, 0.15) is 11.6 Å². The molecular formula is C71H60N3. The number of hydrogen-bond donors (Lipinski definition) is 0. The molecule has 0 unspecified atom stereocenters. The third kappa shape index (κ3) is 6.86. The summed E-state index contributed by atoms with van der Waals surface area (Å²) in [4.78, 5) is 5.22. The van der Waals surface area contributed by atoms with Gasteiger partial charge in [-0.3, -0.25) is 0 Å². The lowest BCUT2D eigenvalue weighted by molar-refractivity contribution is 0.613. The lowest BCUT2D eigenvalue weighted by atomic mass is 9.76. The van der Waals surface area contributed by atoms with Crippen molar-refractivity contribution in [2.45, 2.75) is 64.3 Å². The monoisotopic (exact) mass is 954 g/mol. The molecule has 1 aromatic heterocycles. The highest BCUT2D eigenvalue weighted by Crippen LogP contribution is 2.60. The van der Waals surface area contributed by atoms with Gasteiger partial charge in [-0.25, -0.2) is 0 Å². The Morgan fingerprint density at radius 1 is 0.392 bits per heavy atom. The zero-order valence-electron chi connectivity index (χ0n) is 43.1. The molecule has 2 heterocycles. The fourth-order valence-electron chi connectivity index (χ4n) is 12.8. The third-order valence-electron chi connectivity index (χ3n) is 16.2. The number of fused-ring (bicyclic) bond motifs is 7. The van der Waals surface area contributed by atoms with E-state index in [4.69, 9.17) is 0 Å². The summed E-state index contributed by atoms with van der Waals surface area (Å²) in [5.74, 6) is 0.552. The molecule has 0 fully saturated rings. The molecule has 3 nitrogen and oxygen atoms in total. The van der Waals surface area contributed by atoms with Crippen molar-refractivity contribution >= 4 is 44.6 Å². The highest BCUT2D eigenvalue weighted by atomic mass is 15.3. The third-order valence-corrected chi connectivity index (χ3v) is 16.2. The molecule has 1 radical (unpaired) electrons. The van der Waals surface area contributed by atoms with Crippen LogP contribution >= 0.6 is 0 Å². The summed E-state index contributed by atoms with van der Waals surface area (Å²) in [5.41, 5.74) is 21.5. The van der Waals surface area contributed by atoms with E-state index in [0.29, 0.717) is 0 Å². The molecule has 11 aromatic rings. The van der Waals surface area contributed by atoms with Crippen LogP contribution in [-0.2, 0) is 11.0 Å². The zero-order chi connectivity index (χ0) is 50.3. The van der Waals surface area contributed by atoms with Gasteiger partial charge in [0.25, 0.3) is 0 Å². The van der Waals surface area contributed by atoms with E-state index in [9.17, 15) is 0 Å². The SMILES string of the molecule is CC(C)c1cccc(C(C)C)c1N1[C](c2ccc(N(c3ccc4c(c3)C(C)(C)c3ccccc3-4)c3ccc4c(c3)c3ccccc3n4-c3ccccc3)cc2)c2ccccc2C1(c1ccccc1)c1ccccc1. The lowest BCUT2D eigenvalue weighted by Gasteiger charge is -2.46. The molecule has 3 heteroatoms. The Balaban J connectivity index is 1.04. The van der Waals surface area contributed by atoms with Crippen molar-refractivity contribution in [1.82, 2.24) is 4.57 Å². The fraction of sp³-hybridized carbons (Fsp3) is 0.141. The van der Waals surface area contributed by atoms with E-state index in [1.54, 1.807) is 0 Å². The number of hydrogen-bond acceptors (Lipinski definition) is 2. The average molecular weight is 955 g/mol. The molecule has 0 N–H and O–H groups in total. The average Bonchev–Trinajstić information content (AvgIpc) is 4.04. The van der Waals surface area contributed by atoms with Crippen LogP contribution in [0.4, 0.5) is 22.7 Å². The molecule has 1 aliphatic carbocycles. The molecule has 13 rings (SSSR count). The molecule has 0 atom stereocenters. The van der Waals surface area contributed by atoms with Crippen LogP contribution in [-0.4, -0.2) is 4.57 Å². The summed E-state index contributed by atoms with van der Waals surface area (Å²) in [6, 6.07) is 92.0. The van der Waals surface area contributed by atoms with Gasteiger partial charge in [-0.1, -0.05) is 224 Å². The van der Waals surface area contributed by atoms with E-state index in [1.807, 2.05) is 0 Å². The highest BCUT2D eigenvalue weighted by Gasteiger charge is 2.55. The summed E-state index contributed by atoms with van der Waals surface area (Å²) >= 11 is 0. The van der Waals surface area contributed by atoms with Crippen molar-refractivity contribution in [3.63, 3.8) is 0 Å². The van der Waals surface area contributed by atoms with Gasteiger partial charge in [-0.05, 0) is 134 Å². The minimum atomic E-state index is -0.684. The van der Waals surface area contributed by atoms with Crippen LogP contribution in [0.2, 0.25) is 0 Å². The molecule has 0 bridgehead atoms. The van der Waals surface area contributed by atoms with Crippen LogP contribution in [0, 0.1) is 6.04 Å². The standard InChI is InChI=1S/C71H60N3/c1-47(2)56-32-22-33-57(48(3)4)69(56)74-68(61-31-17-20-35-64(61)71(74,50-23-10-7-11-24-50)51-25-12-8-13-26-51)49-37-39-53(40-38-49)72(55-41-43-59-58-29-16-19-34-63(58)70(5,6)65(59)46-55)54-42-44-67-62(45-54)60-30-18-21-36-66(60)73(67)52-27-14-9-15-28-52/h7-48H,1-6H3. The Bertz CT molecular complexity index is 3820. The summed E-state index contributed by atoms with van der Waals surface area (Å²) in [6.07, 6.45) is 0. The molecule has 2 aliphatic rings. The molecule has 0 saturated heterocycles. The Labute approximate surface area is 436 Å². The van der Waals surface area contributed by atoms with E-state index in [0.717, 1.165) is 28.3 Å². The highest BCUT2D eigenvalue weighted by molar-refractivity contribution is 6.10. The van der Waals surface area contributed by atoms with Gasteiger partial charge in [0.15, 0.2) is 0 Å². The molecular weight excluding hydrogens is 895 g/mol. The second-order valence-electron chi connectivity index (χ2n) is 21.4. The Hall–Kier alpha value is -8.40. The number of benzene rings is 10. The van der Waals surface area contributed by atoms with Gasteiger partial charge in [-0.2, -0.15) is 0 Å². The van der Waals surface area contributed by atoms with Crippen molar-refractivity contribution in [2.75, 3.05) is 9.80 Å². The van der Waals surface area contributed by atoms with Crippen LogP contribution in [0.1, 0.15) is 103 Å². The second-order valence-corrected chi connectivity index (χ2v) is 21.4. The minimum absolute atomic E-state index is 0.161. The van der Waals surface area contributed by atoms with Gasteiger partial charge in [0.2, 0.25) is 0 Å². The van der Waals surface area contributed by atoms with Crippen molar-refractivity contribution in [1.29, 1.82) is 0 Å². The van der Waals surface area contributed by atoms with Gasteiger partial charge >= 0.3 is 0 Å². The maximum absolute atomic E-state index is 2.75. The van der Waals surface area contributed by atoms with E-state index >= 15 is 0 Å². The Morgan fingerprint density at radius 3 is 1.57 bits per heavy atom. The first-order chi connectivity index (χ1) is 36.2. The summed E-state index contributed by atoms with van der Waals surface area (Å²) in [5, 5.41) is 2.45. The van der Waals surface area contributed by atoms with Gasteiger partial charge in [-0.15, -0.1) is 0 Å². The Kier molecular flexibility index (Phi) is 10.9. The largest absolute Gasteiger partial charge is 0.336 e. The van der Waals surface area contributed by atoms with Gasteiger partial charge in [0, 0.05) is 44.6 Å². The van der Waals surface area contributed by atoms with Crippen LogP contribution < -0.4 is 9.80 Å². The smallest absolute Gasteiger partial charge is 0.124 e. The van der Waals surface area contributed by atoms with Gasteiger partial charge < -0.3 is 14.4 Å².